The molecule has 4 amide bonds. The number of carbonyl (C=O) groups is 5. The summed E-state index contributed by atoms with van der Waals surface area (Å²) in [6.45, 7) is 4.07. The van der Waals surface area contributed by atoms with E-state index in [1.54, 1.807) is 6.92 Å². The second-order valence-electron chi connectivity index (χ2n) is 9.02. The molecular formula is C22H40N8O6. The van der Waals surface area contributed by atoms with Crippen LogP contribution in [0.1, 0.15) is 58.8 Å². The summed E-state index contributed by atoms with van der Waals surface area (Å²) in [6, 6.07) is -4.07. The summed E-state index contributed by atoms with van der Waals surface area (Å²) in [6.07, 6.45) is 1.83. The highest BCUT2D eigenvalue weighted by Gasteiger charge is 2.38. The standard InChI is InChI=1S/C22H40N8O6/c1-3-12(2)17(29-18(32)13(23)8-9-16(24)31)19(33)28-14(6-4-10-27-22(25)26)20(34)30-11-5-7-15(30)21(35)36/h12-15,17H,3-11,23H2,1-2H3,(H2,24,31)(H,28,33)(H,29,32)(H,35,36)(H4,25,26,27). The molecule has 36 heavy (non-hydrogen) atoms. The van der Waals surface area contributed by atoms with E-state index >= 15 is 0 Å². The van der Waals surface area contributed by atoms with Crippen molar-refractivity contribution in [3.8, 4) is 0 Å². The van der Waals surface area contributed by atoms with Crippen molar-refractivity contribution in [3.05, 3.63) is 0 Å². The van der Waals surface area contributed by atoms with Crippen LogP contribution in [0.3, 0.4) is 0 Å². The van der Waals surface area contributed by atoms with Crippen molar-refractivity contribution in [3.63, 3.8) is 0 Å². The van der Waals surface area contributed by atoms with Gasteiger partial charge in [-0.15, -0.1) is 0 Å². The molecule has 0 spiro atoms. The second kappa shape index (κ2) is 14.9. The van der Waals surface area contributed by atoms with Crippen LogP contribution in [-0.2, 0) is 24.0 Å². The lowest BCUT2D eigenvalue weighted by atomic mass is 9.96. The molecule has 14 nitrogen and oxygen atoms in total. The summed E-state index contributed by atoms with van der Waals surface area (Å²) in [5, 5.41) is 14.8. The zero-order valence-electron chi connectivity index (χ0n) is 20.9. The maximum absolute atomic E-state index is 13.3. The number of guanidine groups is 1. The van der Waals surface area contributed by atoms with E-state index in [4.69, 9.17) is 22.9 Å². The molecule has 5 unspecified atom stereocenters. The molecule has 5 atom stereocenters. The lowest BCUT2D eigenvalue weighted by Crippen LogP contribution is -2.58. The van der Waals surface area contributed by atoms with E-state index in [2.05, 4.69) is 15.6 Å². The zero-order chi connectivity index (χ0) is 27.4. The van der Waals surface area contributed by atoms with Crippen LogP contribution >= 0.6 is 0 Å². The van der Waals surface area contributed by atoms with E-state index in [-0.39, 0.29) is 44.2 Å². The topological polar surface area (TPSA) is 249 Å². The third kappa shape index (κ3) is 9.68. The van der Waals surface area contributed by atoms with E-state index in [1.807, 2.05) is 6.92 Å². The Morgan fingerprint density at radius 3 is 2.31 bits per heavy atom. The summed E-state index contributed by atoms with van der Waals surface area (Å²) in [4.78, 5) is 66.8. The second-order valence-corrected chi connectivity index (χ2v) is 9.02. The van der Waals surface area contributed by atoms with E-state index in [0.29, 0.717) is 25.7 Å². The highest BCUT2D eigenvalue weighted by atomic mass is 16.4. The highest BCUT2D eigenvalue weighted by Crippen LogP contribution is 2.20. The fourth-order valence-corrected chi connectivity index (χ4v) is 3.90. The molecule has 0 aromatic carbocycles. The number of hydrogen-bond acceptors (Lipinski definition) is 7. The molecule has 11 N–H and O–H groups in total. The number of aliphatic imine (C=N–C) groups is 1. The molecule has 1 rings (SSSR count). The minimum absolute atomic E-state index is 0.0213. The van der Waals surface area contributed by atoms with Crippen LogP contribution < -0.4 is 33.6 Å². The Hall–Kier alpha value is -3.42. The molecule has 0 aromatic heterocycles. The Kier molecular flexibility index (Phi) is 12.6. The van der Waals surface area contributed by atoms with Crippen LogP contribution in [0, 0.1) is 5.92 Å². The average Bonchev–Trinajstić information content (AvgIpc) is 3.31. The maximum Gasteiger partial charge on any atom is 0.326 e. The largest absolute Gasteiger partial charge is 0.480 e. The van der Waals surface area contributed by atoms with E-state index in [0.717, 1.165) is 0 Å². The molecule has 204 valence electrons. The normalized spacial score (nSPS) is 18.4. The van der Waals surface area contributed by atoms with Crippen molar-refractivity contribution in [1.82, 2.24) is 15.5 Å². The summed E-state index contributed by atoms with van der Waals surface area (Å²) < 4.78 is 0. The minimum Gasteiger partial charge on any atom is -0.480 e. The number of likely N-dealkylation sites (tertiary alicyclic amines) is 1. The van der Waals surface area contributed by atoms with E-state index in [9.17, 15) is 29.1 Å². The smallest absolute Gasteiger partial charge is 0.326 e. The van der Waals surface area contributed by atoms with Crippen LogP contribution in [-0.4, -0.2) is 82.8 Å². The first-order chi connectivity index (χ1) is 16.9. The molecule has 0 aromatic rings. The number of carboxylic acids is 1. The van der Waals surface area contributed by atoms with Gasteiger partial charge >= 0.3 is 5.97 Å². The number of nitrogens with one attached hydrogen (secondary N) is 2. The van der Waals surface area contributed by atoms with Crippen molar-refractivity contribution in [2.24, 2.45) is 33.8 Å². The Balaban J connectivity index is 3.04. The third-order valence-electron chi connectivity index (χ3n) is 6.21. The van der Waals surface area contributed by atoms with Crippen molar-refractivity contribution in [2.45, 2.75) is 83.0 Å². The highest BCUT2D eigenvalue weighted by molar-refractivity contribution is 5.94. The number of amides is 4. The van der Waals surface area contributed by atoms with Gasteiger partial charge in [0.25, 0.3) is 0 Å². The quantitative estimate of drug-likeness (QED) is 0.0708. The van der Waals surface area contributed by atoms with Gasteiger partial charge in [-0.1, -0.05) is 20.3 Å². The molecule has 0 aliphatic carbocycles. The molecular weight excluding hydrogens is 472 g/mol. The number of aliphatic carboxylic acids is 1. The third-order valence-corrected chi connectivity index (χ3v) is 6.21. The molecule has 0 saturated carbocycles. The molecule has 1 saturated heterocycles. The van der Waals surface area contributed by atoms with Gasteiger partial charge in [0.15, 0.2) is 5.96 Å². The predicted molar refractivity (Wildman–Crippen MR) is 132 cm³/mol. The van der Waals surface area contributed by atoms with Gasteiger partial charge in [-0.05, 0) is 38.0 Å². The predicted octanol–water partition coefficient (Wildman–Crippen LogP) is -2.28. The monoisotopic (exact) mass is 512 g/mol. The minimum atomic E-state index is -1.11. The Morgan fingerprint density at radius 1 is 1.08 bits per heavy atom. The number of carboxylic acid groups (broad SMARTS) is 1. The van der Waals surface area contributed by atoms with Crippen LogP contribution in [0.25, 0.3) is 0 Å². The molecule has 0 bridgehead atoms. The molecule has 1 heterocycles. The maximum atomic E-state index is 13.3. The first-order valence-corrected chi connectivity index (χ1v) is 12.1. The SMILES string of the molecule is CCC(C)C(NC(=O)C(N)CCC(N)=O)C(=O)NC(CCCN=C(N)N)C(=O)N1CCCC1C(=O)O. The number of nitrogens with two attached hydrogens (primary N) is 4. The van der Waals surface area contributed by atoms with Crippen LogP contribution in [0.2, 0.25) is 0 Å². The Bertz CT molecular complexity index is 831. The molecule has 1 fully saturated rings. The van der Waals surface area contributed by atoms with Crippen LogP contribution in [0.15, 0.2) is 4.99 Å². The van der Waals surface area contributed by atoms with Gasteiger partial charge in [-0.3, -0.25) is 24.2 Å². The molecule has 14 heteroatoms. The fraction of sp³-hybridized carbons (Fsp3) is 0.727. The number of carbonyl (C=O) groups excluding carboxylic acids is 4. The zero-order valence-corrected chi connectivity index (χ0v) is 20.9. The Labute approximate surface area is 210 Å². The van der Waals surface area contributed by atoms with E-state index < -0.39 is 53.8 Å². The average molecular weight is 513 g/mol. The first kappa shape index (κ1) is 30.6. The van der Waals surface area contributed by atoms with Crippen molar-refractivity contribution < 1.29 is 29.1 Å². The summed E-state index contributed by atoms with van der Waals surface area (Å²) in [5.41, 5.74) is 21.6. The van der Waals surface area contributed by atoms with E-state index in [1.165, 1.54) is 4.90 Å². The van der Waals surface area contributed by atoms with Crippen molar-refractivity contribution >= 4 is 35.6 Å². The van der Waals surface area contributed by atoms with Crippen LogP contribution in [0.5, 0.6) is 0 Å². The molecule has 1 aliphatic heterocycles. The van der Waals surface area contributed by atoms with Gasteiger partial charge in [0.05, 0.1) is 6.04 Å². The van der Waals surface area contributed by atoms with Gasteiger partial charge in [0.2, 0.25) is 23.6 Å². The number of nitrogens with zero attached hydrogens (tertiary/aromatic N) is 2. The summed E-state index contributed by atoms with van der Waals surface area (Å²) in [7, 11) is 0. The van der Waals surface area contributed by atoms with Crippen molar-refractivity contribution in [1.29, 1.82) is 0 Å². The van der Waals surface area contributed by atoms with Gasteiger partial charge in [-0.25, -0.2) is 4.79 Å². The lowest BCUT2D eigenvalue weighted by molar-refractivity contribution is -0.149. The van der Waals surface area contributed by atoms with Crippen molar-refractivity contribution in [2.75, 3.05) is 13.1 Å². The van der Waals surface area contributed by atoms with Gasteiger partial charge in [-0.2, -0.15) is 0 Å². The van der Waals surface area contributed by atoms with Gasteiger partial charge in [0.1, 0.15) is 18.1 Å². The van der Waals surface area contributed by atoms with Gasteiger partial charge < -0.3 is 43.6 Å². The Morgan fingerprint density at radius 2 is 1.75 bits per heavy atom. The summed E-state index contributed by atoms with van der Waals surface area (Å²) in [5.74, 6) is -3.89. The number of primary amides is 1. The summed E-state index contributed by atoms with van der Waals surface area (Å²) >= 11 is 0. The number of rotatable bonds is 15. The van der Waals surface area contributed by atoms with Crippen LogP contribution in [0.4, 0.5) is 0 Å². The first-order valence-electron chi connectivity index (χ1n) is 12.1. The lowest BCUT2D eigenvalue weighted by Gasteiger charge is -2.30. The van der Waals surface area contributed by atoms with Gasteiger partial charge in [0, 0.05) is 19.5 Å². The number of hydrogen-bond donors (Lipinski definition) is 7. The molecule has 1 aliphatic rings. The fourth-order valence-electron chi connectivity index (χ4n) is 3.90. The molecule has 0 radical (unpaired) electrons.